The Morgan fingerprint density at radius 3 is 2.83 bits per heavy atom. The smallest absolute Gasteiger partial charge is 0.131 e. The van der Waals surface area contributed by atoms with Crippen LogP contribution >= 0.6 is 11.6 Å². The number of hydrogen-bond acceptors (Lipinski definition) is 2. The van der Waals surface area contributed by atoms with Crippen LogP contribution in [-0.4, -0.2) is 10.1 Å². The van der Waals surface area contributed by atoms with Gasteiger partial charge in [0.2, 0.25) is 0 Å². The van der Waals surface area contributed by atoms with Crippen molar-refractivity contribution < 1.29 is 5.11 Å². The molecule has 1 rings (SSSR count). The van der Waals surface area contributed by atoms with Gasteiger partial charge in [0.1, 0.15) is 5.15 Å². The molecule has 1 aromatic heterocycles. The topological polar surface area (TPSA) is 33.1 Å². The highest BCUT2D eigenvalue weighted by Gasteiger charge is 2.06. The van der Waals surface area contributed by atoms with Gasteiger partial charge in [-0.1, -0.05) is 18.5 Å². The van der Waals surface area contributed by atoms with Crippen LogP contribution in [0.5, 0.6) is 0 Å². The maximum Gasteiger partial charge on any atom is 0.131 e. The van der Waals surface area contributed by atoms with Crippen molar-refractivity contribution in [1.82, 2.24) is 4.98 Å². The second-order valence-electron chi connectivity index (χ2n) is 2.80. The molecule has 2 nitrogen and oxygen atoms in total. The fourth-order valence-electron chi connectivity index (χ4n) is 0.998. The summed E-state index contributed by atoms with van der Waals surface area (Å²) < 4.78 is 0. The van der Waals surface area contributed by atoms with E-state index in [1.807, 2.05) is 19.9 Å². The van der Waals surface area contributed by atoms with Crippen LogP contribution in [0.3, 0.4) is 0 Å². The summed E-state index contributed by atoms with van der Waals surface area (Å²) in [4.78, 5) is 3.95. The molecule has 0 aliphatic heterocycles. The Labute approximate surface area is 77.2 Å². The summed E-state index contributed by atoms with van der Waals surface area (Å²) in [5.41, 5.74) is 1.74. The molecule has 0 fully saturated rings. The molecule has 1 atom stereocenters. The quantitative estimate of drug-likeness (QED) is 0.719. The first-order valence-electron chi connectivity index (χ1n) is 3.95. The van der Waals surface area contributed by atoms with Gasteiger partial charge in [0, 0.05) is 6.20 Å². The molecule has 0 aliphatic carbocycles. The van der Waals surface area contributed by atoms with Crippen molar-refractivity contribution >= 4 is 11.6 Å². The molecule has 66 valence electrons. The molecule has 0 aromatic carbocycles. The maximum absolute atomic E-state index is 9.46. The highest BCUT2D eigenvalue weighted by Crippen LogP contribution is 2.19. The van der Waals surface area contributed by atoms with Crippen molar-refractivity contribution in [3.8, 4) is 0 Å². The minimum atomic E-state index is -0.423. The first-order chi connectivity index (χ1) is 5.65. The van der Waals surface area contributed by atoms with E-state index in [4.69, 9.17) is 11.6 Å². The van der Waals surface area contributed by atoms with E-state index in [0.717, 1.165) is 11.1 Å². The van der Waals surface area contributed by atoms with Gasteiger partial charge in [0.25, 0.3) is 0 Å². The number of aryl methyl sites for hydroxylation is 1. The zero-order valence-electron chi connectivity index (χ0n) is 7.21. The Kier molecular flexibility index (Phi) is 3.06. The summed E-state index contributed by atoms with van der Waals surface area (Å²) >= 11 is 5.74. The van der Waals surface area contributed by atoms with Gasteiger partial charge in [0.15, 0.2) is 0 Å². The molecule has 0 unspecified atom stereocenters. The molecule has 0 bridgehead atoms. The van der Waals surface area contributed by atoms with Crippen molar-refractivity contribution in [3.63, 3.8) is 0 Å². The Morgan fingerprint density at radius 2 is 2.33 bits per heavy atom. The number of aliphatic hydroxyl groups excluding tert-OH is 1. The molecule has 0 saturated carbocycles. The Morgan fingerprint density at radius 1 is 1.67 bits per heavy atom. The van der Waals surface area contributed by atoms with E-state index >= 15 is 0 Å². The van der Waals surface area contributed by atoms with Gasteiger partial charge in [-0.2, -0.15) is 0 Å². The summed E-state index contributed by atoms with van der Waals surface area (Å²) in [5.74, 6) is 0. The van der Waals surface area contributed by atoms with Crippen LogP contribution in [0.1, 0.15) is 30.6 Å². The van der Waals surface area contributed by atoms with Crippen LogP contribution in [0.15, 0.2) is 12.3 Å². The number of aromatic nitrogens is 1. The second kappa shape index (κ2) is 3.87. The Bertz CT molecular complexity index is 275. The van der Waals surface area contributed by atoms with Gasteiger partial charge in [0.05, 0.1) is 6.10 Å². The molecule has 1 N–H and O–H groups in total. The SMILES string of the molecule is CC[C@H](O)c1cnc(Cl)c(C)c1. The first kappa shape index (κ1) is 9.49. The zero-order chi connectivity index (χ0) is 9.14. The van der Waals surface area contributed by atoms with E-state index in [2.05, 4.69) is 4.98 Å². The summed E-state index contributed by atoms with van der Waals surface area (Å²) in [5, 5.41) is 9.96. The minimum absolute atomic E-state index is 0.423. The lowest BCUT2D eigenvalue weighted by atomic mass is 10.1. The molecule has 0 saturated heterocycles. The average Bonchev–Trinajstić information content (AvgIpc) is 2.08. The molecule has 12 heavy (non-hydrogen) atoms. The largest absolute Gasteiger partial charge is 0.388 e. The number of halogens is 1. The average molecular weight is 186 g/mol. The van der Waals surface area contributed by atoms with Crippen molar-refractivity contribution in [2.75, 3.05) is 0 Å². The normalized spacial score (nSPS) is 13.0. The highest BCUT2D eigenvalue weighted by molar-refractivity contribution is 6.30. The van der Waals surface area contributed by atoms with Crippen LogP contribution in [-0.2, 0) is 0 Å². The fraction of sp³-hybridized carbons (Fsp3) is 0.444. The van der Waals surface area contributed by atoms with E-state index in [9.17, 15) is 5.11 Å². The van der Waals surface area contributed by atoms with Gasteiger partial charge in [-0.3, -0.25) is 0 Å². The van der Waals surface area contributed by atoms with Crippen molar-refractivity contribution in [2.45, 2.75) is 26.4 Å². The van der Waals surface area contributed by atoms with E-state index in [1.165, 1.54) is 0 Å². The van der Waals surface area contributed by atoms with Crippen molar-refractivity contribution in [2.24, 2.45) is 0 Å². The van der Waals surface area contributed by atoms with E-state index in [0.29, 0.717) is 11.6 Å². The molecular weight excluding hydrogens is 174 g/mol. The van der Waals surface area contributed by atoms with Crippen LogP contribution < -0.4 is 0 Å². The molecule has 0 radical (unpaired) electrons. The number of aliphatic hydroxyl groups is 1. The lowest BCUT2D eigenvalue weighted by Gasteiger charge is -2.08. The van der Waals surface area contributed by atoms with Crippen LogP contribution in [0.2, 0.25) is 5.15 Å². The lowest BCUT2D eigenvalue weighted by Crippen LogP contribution is -1.96. The highest BCUT2D eigenvalue weighted by atomic mass is 35.5. The maximum atomic E-state index is 9.46. The third kappa shape index (κ3) is 1.96. The summed E-state index contributed by atoms with van der Waals surface area (Å²) in [7, 11) is 0. The van der Waals surface area contributed by atoms with Gasteiger partial charge in [-0.25, -0.2) is 4.98 Å². The summed E-state index contributed by atoms with van der Waals surface area (Å²) in [6.07, 6.45) is 1.89. The Balaban J connectivity index is 2.96. The molecule has 0 aliphatic rings. The summed E-state index contributed by atoms with van der Waals surface area (Å²) in [6.45, 7) is 3.80. The van der Waals surface area contributed by atoms with Crippen LogP contribution in [0.25, 0.3) is 0 Å². The first-order valence-corrected chi connectivity index (χ1v) is 4.33. The predicted octanol–water partition coefficient (Wildman–Crippen LogP) is 2.49. The molecule has 0 spiro atoms. The van der Waals surface area contributed by atoms with E-state index in [-0.39, 0.29) is 0 Å². The molecule has 3 heteroatoms. The monoisotopic (exact) mass is 185 g/mol. The summed E-state index contributed by atoms with van der Waals surface area (Å²) in [6, 6.07) is 1.86. The number of pyridine rings is 1. The standard InChI is InChI=1S/C9H12ClNO/c1-3-8(12)7-4-6(2)9(10)11-5-7/h4-5,8,12H,3H2,1-2H3/t8-/m0/s1. The predicted molar refractivity (Wildman–Crippen MR) is 49.2 cm³/mol. The molecule has 1 heterocycles. The van der Waals surface area contributed by atoms with Gasteiger partial charge in [-0.05, 0) is 30.5 Å². The lowest BCUT2D eigenvalue weighted by molar-refractivity contribution is 0.173. The molecule has 0 amide bonds. The molecular formula is C9H12ClNO. The van der Waals surface area contributed by atoms with Crippen LogP contribution in [0.4, 0.5) is 0 Å². The number of rotatable bonds is 2. The second-order valence-corrected chi connectivity index (χ2v) is 3.16. The van der Waals surface area contributed by atoms with Crippen molar-refractivity contribution in [1.29, 1.82) is 0 Å². The van der Waals surface area contributed by atoms with Crippen LogP contribution in [0, 0.1) is 6.92 Å². The number of hydrogen-bond donors (Lipinski definition) is 1. The van der Waals surface area contributed by atoms with E-state index < -0.39 is 6.10 Å². The third-order valence-corrected chi connectivity index (χ3v) is 2.20. The molecule has 1 aromatic rings. The fourth-order valence-corrected chi connectivity index (χ4v) is 1.10. The third-order valence-electron chi connectivity index (χ3n) is 1.81. The van der Waals surface area contributed by atoms with E-state index in [1.54, 1.807) is 6.20 Å². The zero-order valence-corrected chi connectivity index (χ0v) is 7.97. The number of nitrogens with zero attached hydrogens (tertiary/aromatic N) is 1. The minimum Gasteiger partial charge on any atom is -0.388 e. The van der Waals surface area contributed by atoms with Gasteiger partial charge < -0.3 is 5.11 Å². The Hall–Kier alpha value is -0.600. The van der Waals surface area contributed by atoms with Crippen molar-refractivity contribution in [3.05, 3.63) is 28.5 Å². The van der Waals surface area contributed by atoms with Gasteiger partial charge in [-0.15, -0.1) is 0 Å². The van der Waals surface area contributed by atoms with Gasteiger partial charge >= 0.3 is 0 Å².